The van der Waals surface area contributed by atoms with Gasteiger partial charge in [-0.2, -0.15) is 0 Å². The van der Waals surface area contributed by atoms with Crippen LogP contribution in [0, 0.1) is 13.8 Å². The van der Waals surface area contributed by atoms with Gasteiger partial charge in [0.2, 0.25) is 5.89 Å². The van der Waals surface area contributed by atoms with Crippen molar-refractivity contribution in [2.45, 2.75) is 13.8 Å². The van der Waals surface area contributed by atoms with E-state index in [1.165, 1.54) is 0 Å². The molecule has 1 aromatic heterocycles. The quantitative estimate of drug-likeness (QED) is 0.628. The number of aryl methyl sites for hydroxylation is 2. The fraction of sp³-hybridized carbons (Fsp3) is 0.133. The minimum absolute atomic E-state index is 0.638. The third kappa shape index (κ3) is 1.79. The normalized spacial score (nSPS) is 11.1. The van der Waals surface area contributed by atoms with Crippen LogP contribution in [0.25, 0.3) is 22.6 Å². The molecule has 0 fully saturated rings. The molecule has 0 saturated carbocycles. The summed E-state index contributed by atoms with van der Waals surface area (Å²) < 4.78 is 5.85. The van der Waals surface area contributed by atoms with Gasteiger partial charge < -0.3 is 4.42 Å². The lowest BCUT2D eigenvalue weighted by Gasteiger charge is -1.95. The molecule has 0 bridgehead atoms. The number of nitrogens with zero attached hydrogens (tertiary/aromatic N) is 1. The Balaban J connectivity index is 2.22. The van der Waals surface area contributed by atoms with Crippen LogP contribution in [0.5, 0.6) is 0 Å². The van der Waals surface area contributed by atoms with Gasteiger partial charge in [0.1, 0.15) is 5.52 Å². The molecular weight excluding hydrogens is 246 g/mol. The molecule has 0 saturated heterocycles. The Labute approximate surface area is 110 Å². The van der Waals surface area contributed by atoms with Crippen LogP contribution in [0.4, 0.5) is 0 Å². The molecule has 0 aliphatic carbocycles. The van der Waals surface area contributed by atoms with Gasteiger partial charge in [-0.15, -0.1) is 0 Å². The number of benzene rings is 2. The first-order valence-electron chi connectivity index (χ1n) is 5.78. The van der Waals surface area contributed by atoms with E-state index in [1.54, 1.807) is 0 Å². The molecule has 0 atom stereocenters. The highest BCUT2D eigenvalue weighted by Crippen LogP contribution is 2.28. The molecule has 0 radical (unpaired) electrons. The monoisotopic (exact) mass is 257 g/mol. The van der Waals surface area contributed by atoms with Crippen LogP contribution in [-0.4, -0.2) is 4.98 Å². The summed E-state index contributed by atoms with van der Waals surface area (Å²) in [7, 11) is 0. The Morgan fingerprint density at radius 3 is 2.28 bits per heavy atom. The highest BCUT2D eigenvalue weighted by atomic mass is 35.5. The van der Waals surface area contributed by atoms with Gasteiger partial charge in [0.15, 0.2) is 5.58 Å². The van der Waals surface area contributed by atoms with E-state index in [0.717, 1.165) is 27.8 Å². The molecule has 18 heavy (non-hydrogen) atoms. The second-order valence-corrected chi connectivity index (χ2v) is 4.84. The van der Waals surface area contributed by atoms with Crippen LogP contribution in [-0.2, 0) is 0 Å². The lowest BCUT2D eigenvalue weighted by atomic mass is 10.1. The van der Waals surface area contributed by atoms with E-state index in [-0.39, 0.29) is 0 Å². The number of hydrogen-bond acceptors (Lipinski definition) is 2. The zero-order valence-electron chi connectivity index (χ0n) is 10.2. The van der Waals surface area contributed by atoms with E-state index in [1.807, 2.05) is 38.1 Å². The fourth-order valence-corrected chi connectivity index (χ4v) is 2.10. The second-order valence-electron chi connectivity index (χ2n) is 4.40. The third-order valence-corrected chi connectivity index (χ3v) is 3.29. The predicted molar refractivity (Wildman–Crippen MR) is 73.9 cm³/mol. The predicted octanol–water partition coefficient (Wildman–Crippen LogP) is 4.77. The molecule has 3 heteroatoms. The molecule has 3 aromatic rings. The van der Waals surface area contributed by atoms with Crippen LogP contribution in [0.1, 0.15) is 11.1 Å². The summed E-state index contributed by atoms with van der Waals surface area (Å²) >= 11 is 5.88. The largest absolute Gasteiger partial charge is 0.436 e. The average Bonchev–Trinajstić information content (AvgIpc) is 2.81. The van der Waals surface area contributed by atoms with Crippen molar-refractivity contribution in [2.75, 3.05) is 0 Å². The third-order valence-electron chi connectivity index (χ3n) is 3.03. The molecule has 2 nitrogen and oxygen atoms in total. The maximum atomic E-state index is 5.88. The smallest absolute Gasteiger partial charge is 0.227 e. The Hall–Kier alpha value is -1.80. The molecule has 0 aliphatic rings. The van der Waals surface area contributed by atoms with Crippen molar-refractivity contribution < 1.29 is 4.42 Å². The molecule has 0 amide bonds. The van der Waals surface area contributed by atoms with E-state index >= 15 is 0 Å². The summed E-state index contributed by atoms with van der Waals surface area (Å²) in [6.07, 6.45) is 0. The molecule has 0 N–H and O–H groups in total. The first-order valence-corrected chi connectivity index (χ1v) is 6.15. The molecule has 90 valence electrons. The average molecular weight is 258 g/mol. The number of fused-ring (bicyclic) bond motifs is 1. The van der Waals surface area contributed by atoms with Gasteiger partial charge in [0.25, 0.3) is 0 Å². The van der Waals surface area contributed by atoms with Gasteiger partial charge in [-0.05, 0) is 49.2 Å². The van der Waals surface area contributed by atoms with Crippen LogP contribution in [0.15, 0.2) is 40.8 Å². The number of aromatic nitrogens is 1. The zero-order valence-corrected chi connectivity index (χ0v) is 11.0. The summed E-state index contributed by atoms with van der Waals surface area (Å²) in [5, 5.41) is 0.710. The van der Waals surface area contributed by atoms with Crippen LogP contribution in [0.3, 0.4) is 0 Å². The summed E-state index contributed by atoms with van der Waals surface area (Å²) in [6.45, 7) is 4.06. The van der Waals surface area contributed by atoms with Crippen molar-refractivity contribution in [1.82, 2.24) is 4.98 Å². The molecule has 3 rings (SSSR count). The number of halogens is 1. The molecule has 0 unspecified atom stereocenters. The zero-order chi connectivity index (χ0) is 12.7. The van der Waals surface area contributed by atoms with Gasteiger partial charge in [0.05, 0.1) is 0 Å². The van der Waals surface area contributed by atoms with Gasteiger partial charge in [-0.3, -0.25) is 0 Å². The number of hydrogen-bond donors (Lipinski definition) is 0. The Morgan fingerprint density at radius 1 is 0.944 bits per heavy atom. The van der Waals surface area contributed by atoms with E-state index in [9.17, 15) is 0 Å². The lowest BCUT2D eigenvalue weighted by molar-refractivity contribution is 0.617. The molecule has 0 aliphatic heterocycles. The van der Waals surface area contributed by atoms with E-state index in [4.69, 9.17) is 16.0 Å². The minimum atomic E-state index is 0.638. The fourth-order valence-electron chi connectivity index (χ4n) is 1.98. The van der Waals surface area contributed by atoms with Gasteiger partial charge in [-0.1, -0.05) is 23.7 Å². The van der Waals surface area contributed by atoms with Crippen molar-refractivity contribution in [3.63, 3.8) is 0 Å². The van der Waals surface area contributed by atoms with E-state index in [2.05, 4.69) is 17.1 Å². The summed E-state index contributed by atoms with van der Waals surface area (Å²) in [4.78, 5) is 4.56. The summed E-state index contributed by atoms with van der Waals surface area (Å²) in [5.74, 6) is 0.638. The van der Waals surface area contributed by atoms with Gasteiger partial charge >= 0.3 is 0 Å². The number of oxazole rings is 1. The van der Waals surface area contributed by atoms with E-state index in [0.29, 0.717) is 10.9 Å². The molecule has 1 heterocycles. The van der Waals surface area contributed by atoms with Crippen LogP contribution < -0.4 is 0 Å². The molecule has 2 aromatic carbocycles. The standard InChI is InChI=1S/C15H12ClNO/c1-9-3-4-10(2)14-13(9)17-15(18-14)11-5-7-12(16)8-6-11/h3-8H,1-2H3. The first kappa shape index (κ1) is 11.3. The Kier molecular flexibility index (Phi) is 2.60. The van der Waals surface area contributed by atoms with Crippen molar-refractivity contribution in [1.29, 1.82) is 0 Å². The van der Waals surface area contributed by atoms with Crippen molar-refractivity contribution in [3.05, 3.63) is 52.5 Å². The number of rotatable bonds is 1. The lowest BCUT2D eigenvalue weighted by Crippen LogP contribution is -1.79. The summed E-state index contributed by atoms with van der Waals surface area (Å²) in [6, 6.07) is 11.6. The topological polar surface area (TPSA) is 26.0 Å². The van der Waals surface area contributed by atoms with Gasteiger partial charge in [-0.25, -0.2) is 4.98 Å². The second kappa shape index (κ2) is 4.14. The highest BCUT2D eigenvalue weighted by Gasteiger charge is 2.11. The van der Waals surface area contributed by atoms with Crippen molar-refractivity contribution in [2.24, 2.45) is 0 Å². The first-order chi connectivity index (χ1) is 8.65. The Morgan fingerprint density at radius 2 is 1.61 bits per heavy atom. The van der Waals surface area contributed by atoms with Crippen molar-refractivity contribution >= 4 is 22.7 Å². The van der Waals surface area contributed by atoms with Crippen LogP contribution >= 0.6 is 11.6 Å². The minimum Gasteiger partial charge on any atom is -0.436 e. The van der Waals surface area contributed by atoms with Crippen molar-refractivity contribution in [3.8, 4) is 11.5 Å². The molecule has 0 spiro atoms. The van der Waals surface area contributed by atoms with Gasteiger partial charge in [0, 0.05) is 10.6 Å². The van der Waals surface area contributed by atoms with Crippen LogP contribution in [0.2, 0.25) is 5.02 Å². The SMILES string of the molecule is Cc1ccc(C)c2oc(-c3ccc(Cl)cc3)nc12. The Bertz CT molecular complexity index is 674. The maximum absolute atomic E-state index is 5.88. The molecular formula is C15H12ClNO. The maximum Gasteiger partial charge on any atom is 0.227 e. The summed E-state index contributed by atoms with van der Waals surface area (Å²) in [5.41, 5.74) is 4.96. The van der Waals surface area contributed by atoms with E-state index < -0.39 is 0 Å². The highest BCUT2D eigenvalue weighted by molar-refractivity contribution is 6.30.